The van der Waals surface area contributed by atoms with E-state index in [1.54, 1.807) is 11.3 Å². The predicted molar refractivity (Wildman–Crippen MR) is 62.5 cm³/mol. The number of nitrogens with two attached hydrogens (primary N) is 1. The molecule has 3 N–H and O–H groups in total. The monoisotopic (exact) mass is 226 g/mol. The minimum atomic E-state index is 0.150. The van der Waals surface area contributed by atoms with Gasteiger partial charge in [-0.3, -0.25) is 5.84 Å². The summed E-state index contributed by atoms with van der Waals surface area (Å²) in [6.45, 7) is 2.79. The molecule has 0 spiro atoms. The van der Waals surface area contributed by atoms with Crippen LogP contribution in [0.5, 0.6) is 0 Å². The van der Waals surface area contributed by atoms with Crippen LogP contribution in [0, 0.1) is 5.92 Å². The van der Waals surface area contributed by atoms with Gasteiger partial charge in [0, 0.05) is 11.5 Å². The highest BCUT2D eigenvalue weighted by Crippen LogP contribution is 2.40. The van der Waals surface area contributed by atoms with Gasteiger partial charge in [-0.2, -0.15) is 0 Å². The van der Waals surface area contributed by atoms with Crippen molar-refractivity contribution in [3.63, 3.8) is 0 Å². The summed E-state index contributed by atoms with van der Waals surface area (Å²) in [6.07, 6.45) is 2.78. The van der Waals surface area contributed by atoms with E-state index in [2.05, 4.69) is 22.9 Å². The quantitative estimate of drug-likeness (QED) is 0.576. The zero-order chi connectivity index (χ0) is 10.7. The summed E-state index contributed by atoms with van der Waals surface area (Å²) in [6, 6.07) is 4.32. The molecule has 1 aliphatic carbocycles. The minimum absolute atomic E-state index is 0.150. The molecule has 0 radical (unpaired) electrons. The first kappa shape index (κ1) is 11.1. The molecule has 1 fully saturated rings. The van der Waals surface area contributed by atoms with Crippen molar-refractivity contribution in [1.82, 2.24) is 5.43 Å². The van der Waals surface area contributed by atoms with E-state index in [-0.39, 0.29) is 12.1 Å². The summed E-state index contributed by atoms with van der Waals surface area (Å²) < 4.78 is 5.81. The highest BCUT2D eigenvalue weighted by molar-refractivity contribution is 7.10. The van der Waals surface area contributed by atoms with Crippen LogP contribution in [0.25, 0.3) is 0 Å². The smallest absolute Gasteiger partial charge is 0.0818 e. The summed E-state index contributed by atoms with van der Waals surface area (Å²) in [4.78, 5) is 1.27. The highest BCUT2D eigenvalue weighted by atomic mass is 32.1. The average molecular weight is 226 g/mol. The minimum Gasteiger partial charge on any atom is -0.376 e. The Bertz CT molecular complexity index is 285. The van der Waals surface area contributed by atoms with E-state index in [4.69, 9.17) is 10.6 Å². The van der Waals surface area contributed by atoms with E-state index in [9.17, 15) is 0 Å². The van der Waals surface area contributed by atoms with Gasteiger partial charge in [0.1, 0.15) is 0 Å². The Kier molecular flexibility index (Phi) is 3.75. The molecular weight excluding hydrogens is 208 g/mol. The maximum atomic E-state index is 5.81. The summed E-state index contributed by atoms with van der Waals surface area (Å²) >= 11 is 1.73. The Morgan fingerprint density at radius 1 is 1.67 bits per heavy atom. The Morgan fingerprint density at radius 2 is 2.47 bits per heavy atom. The maximum absolute atomic E-state index is 5.81. The highest BCUT2D eigenvalue weighted by Gasteiger charge is 2.37. The number of hydrogen-bond acceptors (Lipinski definition) is 4. The zero-order valence-corrected chi connectivity index (χ0v) is 9.80. The second kappa shape index (κ2) is 5.07. The van der Waals surface area contributed by atoms with E-state index in [1.807, 2.05) is 6.92 Å². The van der Waals surface area contributed by atoms with E-state index in [0.717, 1.165) is 6.61 Å². The number of thiophene rings is 1. The molecule has 0 aliphatic heterocycles. The molecule has 4 heteroatoms. The molecule has 0 saturated heterocycles. The zero-order valence-electron chi connectivity index (χ0n) is 8.98. The first-order valence-corrected chi connectivity index (χ1v) is 6.36. The van der Waals surface area contributed by atoms with E-state index >= 15 is 0 Å². The van der Waals surface area contributed by atoms with Gasteiger partial charge in [0.2, 0.25) is 0 Å². The molecule has 1 aromatic heterocycles. The standard InChI is InChI=1S/C11H18N2OS/c1-2-14-11(8-5-6-8)10(13-12)9-4-3-7-15-9/h3-4,7-8,10-11,13H,2,5-6,12H2,1H3. The summed E-state index contributed by atoms with van der Waals surface area (Å²) in [5, 5.41) is 2.08. The summed E-state index contributed by atoms with van der Waals surface area (Å²) in [5.74, 6) is 6.33. The molecule has 0 amide bonds. The van der Waals surface area contributed by atoms with Crippen molar-refractivity contribution < 1.29 is 4.74 Å². The fourth-order valence-corrected chi connectivity index (χ4v) is 2.75. The van der Waals surface area contributed by atoms with Gasteiger partial charge < -0.3 is 4.74 Å². The normalized spacial score (nSPS) is 20.1. The molecular formula is C11H18N2OS. The second-order valence-electron chi connectivity index (χ2n) is 3.92. The van der Waals surface area contributed by atoms with Crippen molar-refractivity contribution in [2.24, 2.45) is 11.8 Å². The van der Waals surface area contributed by atoms with Gasteiger partial charge in [-0.15, -0.1) is 11.3 Å². The third kappa shape index (κ3) is 2.58. The number of hydrogen-bond donors (Lipinski definition) is 2. The lowest BCUT2D eigenvalue weighted by Crippen LogP contribution is -2.38. The molecule has 1 saturated carbocycles. The van der Waals surface area contributed by atoms with Crippen molar-refractivity contribution in [3.8, 4) is 0 Å². The van der Waals surface area contributed by atoms with E-state index < -0.39 is 0 Å². The Morgan fingerprint density at radius 3 is 2.93 bits per heavy atom. The third-order valence-corrected chi connectivity index (χ3v) is 3.76. The lowest BCUT2D eigenvalue weighted by Gasteiger charge is -2.25. The molecule has 1 aromatic rings. The topological polar surface area (TPSA) is 47.3 Å². The fourth-order valence-electron chi connectivity index (χ4n) is 1.93. The van der Waals surface area contributed by atoms with E-state index in [0.29, 0.717) is 5.92 Å². The lowest BCUT2D eigenvalue weighted by molar-refractivity contribution is 0.0194. The molecule has 1 aliphatic rings. The van der Waals surface area contributed by atoms with Gasteiger partial charge in [-0.1, -0.05) is 6.07 Å². The van der Waals surface area contributed by atoms with Crippen LogP contribution in [0.3, 0.4) is 0 Å². The SMILES string of the molecule is CCOC(C1CC1)C(NN)c1cccs1. The maximum Gasteiger partial charge on any atom is 0.0818 e. The first-order chi connectivity index (χ1) is 7.36. The number of ether oxygens (including phenoxy) is 1. The van der Waals surface area contributed by atoms with Gasteiger partial charge in [0.15, 0.2) is 0 Å². The molecule has 0 bridgehead atoms. The van der Waals surface area contributed by atoms with Crippen LogP contribution in [0.15, 0.2) is 17.5 Å². The van der Waals surface area contributed by atoms with Crippen molar-refractivity contribution in [2.45, 2.75) is 31.9 Å². The summed E-state index contributed by atoms with van der Waals surface area (Å²) in [5.41, 5.74) is 2.90. The lowest BCUT2D eigenvalue weighted by atomic mass is 10.1. The summed E-state index contributed by atoms with van der Waals surface area (Å²) in [7, 11) is 0. The Labute approximate surface area is 94.6 Å². The predicted octanol–water partition coefficient (Wildman–Crippen LogP) is 2.07. The van der Waals surface area contributed by atoms with Gasteiger partial charge in [0.25, 0.3) is 0 Å². The first-order valence-electron chi connectivity index (χ1n) is 5.48. The average Bonchev–Trinajstić information content (AvgIpc) is 2.96. The molecule has 84 valence electrons. The van der Waals surface area contributed by atoms with Gasteiger partial charge in [-0.05, 0) is 37.1 Å². The number of nitrogens with one attached hydrogen (secondary N) is 1. The van der Waals surface area contributed by atoms with Crippen LogP contribution in [0.2, 0.25) is 0 Å². The largest absolute Gasteiger partial charge is 0.376 e. The Balaban J connectivity index is 2.08. The molecule has 3 nitrogen and oxygen atoms in total. The number of hydrazine groups is 1. The van der Waals surface area contributed by atoms with Crippen molar-refractivity contribution in [1.29, 1.82) is 0 Å². The van der Waals surface area contributed by atoms with Crippen LogP contribution < -0.4 is 11.3 Å². The third-order valence-electron chi connectivity index (χ3n) is 2.80. The molecule has 2 unspecified atom stereocenters. The number of rotatable bonds is 6. The van der Waals surface area contributed by atoms with Gasteiger partial charge in [-0.25, -0.2) is 5.43 Å². The van der Waals surface area contributed by atoms with Crippen LogP contribution >= 0.6 is 11.3 Å². The van der Waals surface area contributed by atoms with Gasteiger partial charge in [0.05, 0.1) is 12.1 Å². The van der Waals surface area contributed by atoms with Crippen LogP contribution in [-0.2, 0) is 4.74 Å². The van der Waals surface area contributed by atoms with Crippen molar-refractivity contribution >= 4 is 11.3 Å². The molecule has 0 aromatic carbocycles. The van der Waals surface area contributed by atoms with Crippen molar-refractivity contribution in [3.05, 3.63) is 22.4 Å². The molecule has 15 heavy (non-hydrogen) atoms. The van der Waals surface area contributed by atoms with Crippen LogP contribution in [-0.4, -0.2) is 12.7 Å². The Hall–Kier alpha value is -0.420. The molecule has 2 atom stereocenters. The van der Waals surface area contributed by atoms with Crippen LogP contribution in [0.1, 0.15) is 30.7 Å². The second-order valence-corrected chi connectivity index (χ2v) is 4.90. The molecule has 1 heterocycles. The van der Waals surface area contributed by atoms with E-state index in [1.165, 1.54) is 17.7 Å². The fraction of sp³-hybridized carbons (Fsp3) is 0.636. The molecule has 2 rings (SSSR count). The van der Waals surface area contributed by atoms with Crippen LogP contribution in [0.4, 0.5) is 0 Å². The van der Waals surface area contributed by atoms with Gasteiger partial charge >= 0.3 is 0 Å². The van der Waals surface area contributed by atoms with Crippen molar-refractivity contribution in [2.75, 3.05) is 6.61 Å².